The molecule has 4 nitrogen and oxygen atoms in total. The van der Waals surface area contributed by atoms with E-state index >= 15 is 0 Å². The monoisotopic (exact) mass is 358 g/mol. The number of likely N-dealkylation sites (tertiary alicyclic amines) is 1. The van der Waals surface area contributed by atoms with Gasteiger partial charge in [-0.05, 0) is 48.2 Å². The number of hydrogen-bond acceptors (Lipinski definition) is 2. The van der Waals surface area contributed by atoms with Crippen LogP contribution in [0, 0.1) is 11.6 Å². The smallest absolute Gasteiger partial charge is 0.251 e. The van der Waals surface area contributed by atoms with Crippen molar-refractivity contribution in [2.75, 3.05) is 13.1 Å². The van der Waals surface area contributed by atoms with Crippen LogP contribution in [0.4, 0.5) is 8.78 Å². The summed E-state index contributed by atoms with van der Waals surface area (Å²) in [6.45, 7) is 1.53. The van der Waals surface area contributed by atoms with Gasteiger partial charge in [-0.15, -0.1) is 0 Å². The van der Waals surface area contributed by atoms with Crippen LogP contribution in [-0.2, 0) is 17.8 Å². The fourth-order valence-electron chi connectivity index (χ4n) is 3.08. The molecule has 1 N–H and O–H groups in total. The molecule has 2 aromatic carbocycles. The summed E-state index contributed by atoms with van der Waals surface area (Å²) in [6, 6.07) is 10.5. The highest BCUT2D eigenvalue weighted by Crippen LogP contribution is 2.15. The van der Waals surface area contributed by atoms with Crippen molar-refractivity contribution in [3.8, 4) is 0 Å². The molecule has 0 unspecified atom stereocenters. The van der Waals surface area contributed by atoms with Gasteiger partial charge in [-0.3, -0.25) is 9.59 Å². The molecule has 2 amide bonds. The molecule has 1 heterocycles. The molecule has 1 aliphatic rings. The highest BCUT2D eigenvalue weighted by molar-refractivity contribution is 5.94. The molecular weight excluding hydrogens is 338 g/mol. The summed E-state index contributed by atoms with van der Waals surface area (Å²) in [5.41, 5.74) is 1.89. The molecule has 6 heteroatoms. The van der Waals surface area contributed by atoms with Crippen LogP contribution in [0.1, 0.15) is 34.3 Å². The Kier molecular flexibility index (Phi) is 5.61. The third-order valence-corrected chi connectivity index (χ3v) is 4.36. The zero-order valence-corrected chi connectivity index (χ0v) is 14.3. The Bertz CT molecular complexity index is 803. The average molecular weight is 358 g/mol. The van der Waals surface area contributed by atoms with Gasteiger partial charge in [-0.25, -0.2) is 8.78 Å². The van der Waals surface area contributed by atoms with Crippen molar-refractivity contribution >= 4 is 11.8 Å². The zero-order valence-electron chi connectivity index (χ0n) is 14.3. The number of amides is 2. The van der Waals surface area contributed by atoms with E-state index in [1.807, 2.05) is 6.07 Å². The fraction of sp³-hybridized carbons (Fsp3) is 0.300. The lowest BCUT2D eigenvalue weighted by molar-refractivity contribution is -0.128. The van der Waals surface area contributed by atoms with Crippen LogP contribution in [0.3, 0.4) is 0 Å². The van der Waals surface area contributed by atoms with Crippen molar-refractivity contribution in [1.29, 1.82) is 0 Å². The lowest BCUT2D eigenvalue weighted by atomic mass is 10.1. The number of rotatable bonds is 6. The maximum absolute atomic E-state index is 13.2. The minimum atomic E-state index is -0.629. The van der Waals surface area contributed by atoms with Gasteiger partial charge in [0.05, 0.1) is 0 Å². The van der Waals surface area contributed by atoms with Gasteiger partial charge in [0.25, 0.3) is 5.91 Å². The summed E-state index contributed by atoms with van der Waals surface area (Å²) in [7, 11) is 0. The van der Waals surface area contributed by atoms with Gasteiger partial charge in [0, 0.05) is 37.7 Å². The second-order valence-corrected chi connectivity index (χ2v) is 6.40. The molecule has 0 bridgehead atoms. The lowest BCUT2D eigenvalue weighted by Crippen LogP contribution is -2.26. The highest BCUT2D eigenvalue weighted by Gasteiger charge is 2.20. The SMILES string of the molecule is O=C(NCCc1cc(F)cc(F)c1)c1cccc(CN2CCCC2=O)c1. The van der Waals surface area contributed by atoms with E-state index < -0.39 is 11.6 Å². The summed E-state index contributed by atoms with van der Waals surface area (Å²) < 4.78 is 26.3. The van der Waals surface area contributed by atoms with Gasteiger partial charge in [0.2, 0.25) is 5.91 Å². The average Bonchev–Trinajstić information content (AvgIpc) is 2.99. The van der Waals surface area contributed by atoms with E-state index in [-0.39, 0.29) is 18.4 Å². The molecule has 0 aromatic heterocycles. The molecule has 2 aromatic rings. The standard InChI is InChI=1S/C20H20F2N2O2/c21-17-10-14(11-18(22)12-17)6-7-23-20(26)16-4-1-3-15(9-16)13-24-8-2-5-19(24)25/h1,3-4,9-12H,2,5-8,13H2,(H,23,26). The second kappa shape index (κ2) is 8.08. The van der Waals surface area contributed by atoms with Crippen molar-refractivity contribution in [2.24, 2.45) is 0 Å². The fourth-order valence-corrected chi connectivity index (χ4v) is 3.08. The second-order valence-electron chi connectivity index (χ2n) is 6.40. The molecule has 136 valence electrons. The van der Waals surface area contributed by atoms with Crippen molar-refractivity contribution in [3.63, 3.8) is 0 Å². The van der Waals surface area contributed by atoms with E-state index in [4.69, 9.17) is 0 Å². The summed E-state index contributed by atoms with van der Waals surface area (Å²) in [5, 5.41) is 2.75. The Morgan fingerprint density at radius 2 is 1.85 bits per heavy atom. The number of carbonyl (C=O) groups excluding carboxylic acids is 2. The van der Waals surface area contributed by atoms with Crippen LogP contribution >= 0.6 is 0 Å². The summed E-state index contributed by atoms with van der Waals surface area (Å²) in [4.78, 5) is 25.8. The quantitative estimate of drug-likeness (QED) is 0.863. The van der Waals surface area contributed by atoms with Gasteiger partial charge in [-0.2, -0.15) is 0 Å². The van der Waals surface area contributed by atoms with Crippen molar-refractivity contribution in [2.45, 2.75) is 25.8 Å². The third kappa shape index (κ3) is 4.65. The molecule has 0 spiro atoms. The van der Waals surface area contributed by atoms with Crippen LogP contribution in [-0.4, -0.2) is 29.8 Å². The van der Waals surface area contributed by atoms with Crippen molar-refractivity contribution in [1.82, 2.24) is 10.2 Å². The predicted molar refractivity (Wildman–Crippen MR) is 93.5 cm³/mol. The van der Waals surface area contributed by atoms with Crippen LogP contribution in [0.5, 0.6) is 0 Å². The molecular formula is C20H20F2N2O2. The Hall–Kier alpha value is -2.76. The number of hydrogen-bond donors (Lipinski definition) is 1. The first kappa shape index (κ1) is 18.0. The normalized spacial score (nSPS) is 13.9. The lowest BCUT2D eigenvalue weighted by Gasteiger charge is -2.16. The predicted octanol–water partition coefficient (Wildman–Crippen LogP) is 3.06. The van der Waals surface area contributed by atoms with Crippen molar-refractivity contribution in [3.05, 3.63) is 70.8 Å². The van der Waals surface area contributed by atoms with Crippen LogP contribution in [0.25, 0.3) is 0 Å². The molecule has 3 rings (SSSR count). The Labute approximate surface area is 150 Å². The maximum atomic E-state index is 13.2. The van der Waals surface area contributed by atoms with Gasteiger partial charge >= 0.3 is 0 Å². The molecule has 0 atom stereocenters. The molecule has 0 aliphatic carbocycles. The van der Waals surface area contributed by atoms with Crippen LogP contribution < -0.4 is 5.32 Å². The summed E-state index contributed by atoms with van der Waals surface area (Å²) in [6.07, 6.45) is 1.79. The van der Waals surface area contributed by atoms with Gasteiger partial charge in [-0.1, -0.05) is 12.1 Å². The highest BCUT2D eigenvalue weighted by atomic mass is 19.1. The number of nitrogens with zero attached hydrogens (tertiary/aromatic N) is 1. The first-order chi connectivity index (χ1) is 12.5. The number of nitrogens with one attached hydrogen (secondary N) is 1. The maximum Gasteiger partial charge on any atom is 0.251 e. The minimum absolute atomic E-state index is 0.141. The minimum Gasteiger partial charge on any atom is -0.352 e. The van der Waals surface area contributed by atoms with E-state index in [1.54, 1.807) is 23.1 Å². The molecule has 1 fully saturated rings. The molecule has 0 radical (unpaired) electrons. The third-order valence-electron chi connectivity index (χ3n) is 4.36. The Balaban J connectivity index is 1.56. The molecule has 0 saturated carbocycles. The Morgan fingerprint density at radius 3 is 2.54 bits per heavy atom. The van der Waals surface area contributed by atoms with E-state index in [9.17, 15) is 18.4 Å². The first-order valence-electron chi connectivity index (χ1n) is 8.61. The van der Waals surface area contributed by atoms with Crippen LogP contribution in [0.15, 0.2) is 42.5 Å². The van der Waals surface area contributed by atoms with E-state index in [0.717, 1.165) is 24.6 Å². The number of benzene rings is 2. The largest absolute Gasteiger partial charge is 0.352 e. The number of halogens is 2. The summed E-state index contributed by atoms with van der Waals surface area (Å²) >= 11 is 0. The number of carbonyl (C=O) groups is 2. The van der Waals surface area contributed by atoms with Gasteiger partial charge < -0.3 is 10.2 Å². The summed E-state index contributed by atoms with van der Waals surface area (Å²) in [5.74, 6) is -1.37. The van der Waals surface area contributed by atoms with Crippen molar-refractivity contribution < 1.29 is 18.4 Å². The molecule has 26 heavy (non-hydrogen) atoms. The van der Waals surface area contributed by atoms with Gasteiger partial charge in [0.1, 0.15) is 11.6 Å². The Morgan fingerprint density at radius 1 is 1.08 bits per heavy atom. The molecule has 1 aliphatic heterocycles. The van der Waals surface area contributed by atoms with E-state index in [1.165, 1.54) is 12.1 Å². The first-order valence-corrected chi connectivity index (χ1v) is 8.61. The zero-order chi connectivity index (χ0) is 18.5. The van der Waals surface area contributed by atoms with E-state index in [0.29, 0.717) is 30.5 Å². The molecule has 1 saturated heterocycles. The van der Waals surface area contributed by atoms with E-state index in [2.05, 4.69) is 5.32 Å². The topological polar surface area (TPSA) is 49.4 Å². The van der Waals surface area contributed by atoms with Gasteiger partial charge in [0.15, 0.2) is 0 Å². The van der Waals surface area contributed by atoms with Crippen LogP contribution in [0.2, 0.25) is 0 Å².